The fourth-order valence-corrected chi connectivity index (χ4v) is 3.69. The molecule has 36 heavy (non-hydrogen) atoms. The number of halogens is 3. The van der Waals surface area contributed by atoms with E-state index >= 15 is 0 Å². The van der Waals surface area contributed by atoms with Gasteiger partial charge >= 0.3 is 18.1 Å². The fourth-order valence-electron chi connectivity index (χ4n) is 3.69. The molecule has 0 spiro atoms. The average molecular weight is 513 g/mol. The second-order valence-electron chi connectivity index (χ2n) is 7.99. The van der Waals surface area contributed by atoms with Crippen molar-refractivity contribution in [3.63, 3.8) is 0 Å². The van der Waals surface area contributed by atoms with Crippen LogP contribution in [-0.4, -0.2) is 81.3 Å². The molecule has 196 valence electrons. The molecule has 3 rings (SSSR count). The molecule has 2 aromatic rings. The lowest BCUT2D eigenvalue weighted by molar-refractivity contribution is -0.192. The van der Waals surface area contributed by atoms with Crippen LogP contribution in [0.1, 0.15) is 19.8 Å². The molecule has 0 saturated carbocycles. The van der Waals surface area contributed by atoms with Crippen molar-refractivity contribution < 1.29 is 37.4 Å². The number of likely N-dealkylation sites (N-methyl/N-ethyl adjacent to an activating group) is 1. The zero-order valence-corrected chi connectivity index (χ0v) is 19.6. The monoisotopic (exact) mass is 513 g/mol. The summed E-state index contributed by atoms with van der Waals surface area (Å²) in [6.07, 6.45) is -1.07. The number of carbonyl (C=O) groups is 3. The summed E-state index contributed by atoms with van der Waals surface area (Å²) in [4.78, 5) is 45.0. The van der Waals surface area contributed by atoms with Gasteiger partial charge < -0.3 is 25.4 Å². The molecule has 2 atom stereocenters. The quantitative estimate of drug-likeness (QED) is 0.534. The zero-order chi connectivity index (χ0) is 27.0. The summed E-state index contributed by atoms with van der Waals surface area (Å²) in [7, 11) is 1.95. The second kappa shape index (κ2) is 12.2. The van der Waals surface area contributed by atoms with E-state index in [1.54, 1.807) is 15.7 Å². The van der Waals surface area contributed by atoms with Crippen LogP contribution >= 0.6 is 0 Å². The summed E-state index contributed by atoms with van der Waals surface area (Å²) in [6, 6.07) is 3.87. The van der Waals surface area contributed by atoms with Gasteiger partial charge in [0.05, 0.1) is 24.0 Å². The summed E-state index contributed by atoms with van der Waals surface area (Å²) < 4.78 is 38.5. The van der Waals surface area contributed by atoms with Gasteiger partial charge in [0.25, 0.3) is 0 Å². The Hall–Kier alpha value is -3.93. The number of hydrogen-bond acceptors (Lipinski definition) is 9. The van der Waals surface area contributed by atoms with Gasteiger partial charge in [0.1, 0.15) is 24.2 Å². The number of fused-ring (bicyclic) bond motifs is 1. The van der Waals surface area contributed by atoms with Crippen LogP contribution < -0.4 is 10.6 Å². The molecule has 1 aliphatic heterocycles. The van der Waals surface area contributed by atoms with Crippen molar-refractivity contribution >= 4 is 34.7 Å². The van der Waals surface area contributed by atoms with Crippen molar-refractivity contribution in [2.45, 2.75) is 38.7 Å². The van der Waals surface area contributed by atoms with E-state index in [0.29, 0.717) is 24.7 Å². The molecule has 15 heteroatoms. The molecule has 0 aliphatic carbocycles. The Balaban J connectivity index is 0.000000572. The number of aromatic nitrogens is 3. The maximum atomic E-state index is 12.2. The zero-order valence-electron chi connectivity index (χ0n) is 19.6. The van der Waals surface area contributed by atoms with Crippen LogP contribution in [0.25, 0.3) is 11.0 Å². The Morgan fingerprint density at radius 1 is 1.36 bits per heavy atom. The molecule has 3 N–H and O–H groups in total. The third-order valence-corrected chi connectivity index (χ3v) is 5.64. The summed E-state index contributed by atoms with van der Waals surface area (Å²) in [6.45, 7) is 3.20. The minimum Gasteiger partial charge on any atom is -0.475 e. The number of likely N-dealkylation sites (tertiary alicyclic amines) is 1. The smallest absolute Gasteiger partial charge is 0.475 e. The number of carboxylic acids is 1. The number of piperidine rings is 1. The van der Waals surface area contributed by atoms with Gasteiger partial charge in [-0.2, -0.15) is 18.4 Å². The first kappa shape index (κ1) is 28.3. The molecule has 1 fully saturated rings. The van der Waals surface area contributed by atoms with Crippen molar-refractivity contribution in [1.82, 2.24) is 19.4 Å². The number of nitriles is 1. The van der Waals surface area contributed by atoms with Crippen LogP contribution in [0, 0.1) is 17.2 Å². The van der Waals surface area contributed by atoms with Gasteiger partial charge in [-0.1, -0.05) is 6.92 Å². The number of ether oxygens (including phenoxy) is 1. The number of carbonyl (C=O) groups excluding carboxylic acids is 2. The molecule has 0 aromatic carbocycles. The largest absolute Gasteiger partial charge is 0.490 e. The Bertz CT molecular complexity index is 1130. The van der Waals surface area contributed by atoms with Crippen molar-refractivity contribution in [3.05, 3.63) is 18.6 Å². The van der Waals surface area contributed by atoms with Gasteiger partial charge in [0.15, 0.2) is 6.73 Å². The highest BCUT2D eigenvalue weighted by Gasteiger charge is 2.38. The first-order chi connectivity index (χ1) is 16.9. The van der Waals surface area contributed by atoms with Crippen LogP contribution in [0.2, 0.25) is 0 Å². The van der Waals surface area contributed by atoms with Crippen molar-refractivity contribution in [3.8, 4) is 6.07 Å². The van der Waals surface area contributed by atoms with E-state index in [-0.39, 0.29) is 31.6 Å². The van der Waals surface area contributed by atoms with Crippen LogP contribution in [-0.2, 0) is 25.9 Å². The SMILES string of the molecule is C[C@@H]1CCN(C(=O)CC#N)C[C@@H]1N(C)c1ncnc2c1ccn2COC(=O)CN.O=C(O)C(F)(F)F. The van der Waals surface area contributed by atoms with Crippen LogP contribution in [0.3, 0.4) is 0 Å². The predicted octanol–water partition coefficient (Wildman–Crippen LogP) is 1.11. The number of carboxylic acid groups (broad SMARTS) is 1. The predicted molar refractivity (Wildman–Crippen MR) is 119 cm³/mol. The van der Waals surface area contributed by atoms with E-state index in [2.05, 4.69) is 21.8 Å². The third-order valence-electron chi connectivity index (χ3n) is 5.64. The number of esters is 1. The number of hydrogen-bond donors (Lipinski definition) is 2. The highest BCUT2D eigenvalue weighted by atomic mass is 19.4. The molecule has 0 unspecified atom stereocenters. The van der Waals surface area contributed by atoms with E-state index in [1.165, 1.54) is 6.33 Å². The van der Waals surface area contributed by atoms with E-state index in [9.17, 15) is 22.8 Å². The first-order valence-electron chi connectivity index (χ1n) is 10.7. The molecule has 1 aliphatic rings. The maximum Gasteiger partial charge on any atom is 0.490 e. The number of amides is 1. The fraction of sp³-hybridized carbons (Fsp3) is 0.524. The minimum atomic E-state index is -5.08. The number of alkyl halides is 3. The van der Waals surface area contributed by atoms with Crippen molar-refractivity contribution in [2.24, 2.45) is 11.7 Å². The number of aliphatic carboxylic acids is 1. The van der Waals surface area contributed by atoms with Gasteiger partial charge in [-0.25, -0.2) is 14.8 Å². The summed E-state index contributed by atoms with van der Waals surface area (Å²) in [5, 5.41) is 16.8. The maximum absolute atomic E-state index is 12.2. The summed E-state index contributed by atoms with van der Waals surface area (Å²) in [5.74, 6) is -2.29. The molecule has 2 aromatic heterocycles. The van der Waals surface area contributed by atoms with Gasteiger partial charge in [-0.3, -0.25) is 14.2 Å². The van der Waals surface area contributed by atoms with Crippen LogP contribution in [0.5, 0.6) is 0 Å². The second-order valence-corrected chi connectivity index (χ2v) is 7.99. The lowest BCUT2D eigenvalue weighted by atomic mass is 9.92. The minimum absolute atomic E-state index is 0.0238. The molecule has 12 nitrogen and oxygen atoms in total. The van der Waals surface area contributed by atoms with E-state index in [1.807, 2.05) is 19.2 Å². The molecule has 0 radical (unpaired) electrons. The first-order valence-corrected chi connectivity index (χ1v) is 10.7. The highest BCUT2D eigenvalue weighted by Crippen LogP contribution is 2.29. The summed E-state index contributed by atoms with van der Waals surface area (Å²) in [5.41, 5.74) is 5.92. The molecule has 0 bridgehead atoms. The van der Waals surface area contributed by atoms with Crippen LogP contribution in [0.15, 0.2) is 18.6 Å². The lowest BCUT2D eigenvalue weighted by Gasteiger charge is -2.42. The molecular formula is C21H26F3N7O5. The van der Waals surface area contributed by atoms with Crippen molar-refractivity contribution in [2.75, 3.05) is 31.6 Å². The van der Waals surface area contributed by atoms with Gasteiger partial charge in [-0.05, 0) is 18.4 Å². The van der Waals surface area contributed by atoms with Gasteiger partial charge in [-0.15, -0.1) is 0 Å². The van der Waals surface area contributed by atoms with E-state index in [0.717, 1.165) is 17.6 Å². The van der Waals surface area contributed by atoms with Crippen LogP contribution in [0.4, 0.5) is 19.0 Å². The molecule has 3 heterocycles. The number of rotatable bonds is 6. The number of anilines is 1. The van der Waals surface area contributed by atoms with Gasteiger partial charge in [0.2, 0.25) is 5.91 Å². The number of nitrogens with two attached hydrogens (primary N) is 1. The molecule has 1 saturated heterocycles. The topological polar surface area (TPSA) is 168 Å². The Morgan fingerprint density at radius 3 is 2.61 bits per heavy atom. The van der Waals surface area contributed by atoms with E-state index < -0.39 is 18.1 Å². The normalized spacial score (nSPS) is 17.5. The lowest BCUT2D eigenvalue weighted by Crippen LogP contribution is -2.52. The van der Waals surface area contributed by atoms with Gasteiger partial charge in [0, 0.05) is 26.3 Å². The third kappa shape index (κ3) is 7.04. The standard InChI is InChI=1S/C19H25N7O3.C2HF3O2/c1-13-4-7-25(16(27)3-6-20)10-15(13)24(2)18-14-5-8-26(12-29-17(28)9-21)19(14)23-11-22-18;3-2(4,5)1(6)7/h5,8,11,13,15H,3-4,7,9-10,12,21H2,1-2H3;(H,6,7)/t13-,15+;/m1./s1. The molecular weight excluding hydrogens is 487 g/mol. The van der Waals surface area contributed by atoms with E-state index in [4.69, 9.17) is 25.6 Å². The average Bonchev–Trinajstić information content (AvgIpc) is 3.25. The number of nitrogens with zero attached hydrogens (tertiary/aromatic N) is 6. The Morgan fingerprint density at radius 2 is 2.03 bits per heavy atom. The Kier molecular flexibility index (Phi) is 9.56. The highest BCUT2D eigenvalue weighted by molar-refractivity contribution is 5.88. The Labute approximate surface area is 204 Å². The molecule has 1 amide bonds. The summed E-state index contributed by atoms with van der Waals surface area (Å²) >= 11 is 0. The van der Waals surface area contributed by atoms with Crippen molar-refractivity contribution in [1.29, 1.82) is 5.26 Å².